The van der Waals surface area contributed by atoms with Crippen molar-refractivity contribution in [1.29, 1.82) is 0 Å². The number of carbonyl (C=O) groups excluding carboxylic acids is 2. The van der Waals surface area contributed by atoms with Gasteiger partial charge in [0.1, 0.15) is 5.78 Å². The van der Waals surface area contributed by atoms with Crippen LogP contribution in [0.3, 0.4) is 0 Å². The third-order valence-electron chi connectivity index (χ3n) is 2.20. The van der Waals surface area contributed by atoms with Crippen LogP contribution in [0.5, 0.6) is 0 Å². The highest BCUT2D eigenvalue weighted by atomic mass is 16.2. The van der Waals surface area contributed by atoms with Gasteiger partial charge in [-0.05, 0) is 6.42 Å². The molecule has 0 aliphatic heterocycles. The molecule has 3 nitrogen and oxygen atoms in total. The first-order chi connectivity index (χ1) is 6.70. The van der Waals surface area contributed by atoms with Gasteiger partial charge in [-0.3, -0.25) is 9.59 Å². The SMILES string of the molecule is CCCCCCCC(=O)CC(=O)NC. The summed E-state index contributed by atoms with van der Waals surface area (Å²) in [5.41, 5.74) is 0. The number of unbranched alkanes of at least 4 members (excludes halogenated alkanes) is 4. The Kier molecular flexibility index (Phi) is 8.19. The van der Waals surface area contributed by atoms with E-state index in [4.69, 9.17) is 0 Å². The fourth-order valence-corrected chi connectivity index (χ4v) is 1.28. The highest BCUT2D eigenvalue weighted by Gasteiger charge is 2.06. The third-order valence-corrected chi connectivity index (χ3v) is 2.20. The Bertz CT molecular complexity index is 178. The van der Waals surface area contributed by atoms with Crippen LogP contribution in [-0.2, 0) is 9.59 Å². The van der Waals surface area contributed by atoms with Crippen LogP contribution in [0.1, 0.15) is 51.9 Å². The van der Waals surface area contributed by atoms with Gasteiger partial charge in [-0.1, -0.05) is 32.6 Å². The lowest BCUT2D eigenvalue weighted by molar-refractivity contribution is -0.127. The first-order valence-electron chi connectivity index (χ1n) is 5.43. The van der Waals surface area contributed by atoms with Gasteiger partial charge in [-0.25, -0.2) is 0 Å². The Morgan fingerprint density at radius 3 is 2.29 bits per heavy atom. The van der Waals surface area contributed by atoms with E-state index in [1.54, 1.807) is 7.05 Å². The Balaban J connectivity index is 3.31. The first kappa shape index (κ1) is 13.1. The van der Waals surface area contributed by atoms with Gasteiger partial charge in [-0.2, -0.15) is 0 Å². The number of rotatable bonds is 8. The number of ketones is 1. The van der Waals surface area contributed by atoms with E-state index in [0.717, 1.165) is 12.8 Å². The van der Waals surface area contributed by atoms with E-state index in [9.17, 15) is 9.59 Å². The summed E-state index contributed by atoms with van der Waals surface area (Å²) >= 11 is 0. The van der Waals surface area contributed by atoms with Crippen molar-refractivity contribution in [2.45, 2.75) is 51.9 Å². The molecule has 82 valence electrons. The lowest BCUT2D eigenvalue weighted by atomic mass is 10.1. The fraction of sp³-hybridized carbons (Fsp3) is 0.818. The molecule has 0 atom stereocenters. The van der Waals surface area contributed by atoms with Crippen LogP contribution in [0, 0.1) is 0 Å². The van der Waals surface area contributed by atoms with Crippen LogP contribution in [0.25, 0.3) is 0 Å². The zero-order valence-electron chi connectivity index (χ0n) is 9.27. The van der Waals surface area contributed by atoms with Crippen LogP contribution < -0.4 is 5.32 Å². The molecule has 0 saturated carbocycles. The maximum atomic E-state index is 11.2. The van der Waals surface area contributed by atoms with E-state index in [1.165, 1.54) is 19.3 Å². The van der Waals surface area contributed by atoms with Crippen molar-refractivity contribution in [1.82, 2.24) is 5.32 Å². The molecule has 0 heterocycles. The second-order valence-electron chi connectivity index (χ2n) is 3.55. The van der Waals surface area contributed by atoms with Gasteiger partial charge in [-0.15, -0.1) is 0 Å². The zero-order valence-corrected chi connectivity index (χ0v) is 9.27. The summed E-state index contributed by atoms with van der Waals surface area (Å²) in [4.78, 5) is 22.0. The molecule has 0 unspecified atom stereocenters. The molecule has 0 aromatic rings. The molecule has 0 aliphatic carbocycles. The van der Waals surface area contributed by atoms with Gasteiger partial charge in [0.25, 0.3) is 0 Å². The molecule has 0 bridgehead atoms. The second kappa shape index (κ2) is 8.73. The summed E-state index contributed by atoms with van der Waals surface area (Å²) in [6.07, 6.45) is 6.28. The molecule has 0 radical (unpaired) electrons. The van der Waals surface area contributed by atoms with Crippen molar-refractivity contribution in [2.75, 3.05) is 7.05 Å². The number of amides is 1. The molecular formula is C11H21NO2. The summed E-state index contributed by atoms with van der Waals surface area (Å²) in [6, 6.07) is 0. The average molecular weight is 199 g/mol. The minimum Gasteiger partial charge on any atom is -0.359 e. The van der Waals surface area contributed by atoms with Gasteiger partial charge in [0, 0.05) is 13.5 Å². The monoisotopic (exact) mass is 199 g/mol. The average Bonchev–Trinajstić information content (AvgIpc) is 2.17. The quantitative estimate of drug-likeness (QED) is 0.480. The molecule has 14 heavy (non-hydrogen) atoms. The van der Waals surface area contributed by atoms with Crippen LogP contribution in [0.2, 0.25) is 0 Å². The smallest absolute Gasteiger partial charge is 0.227 e. The van der Waals surface area contributed by atoms with Gasteiger partial charge in [0.15, 0.2) is 0 Å². The van der Waals surface area contributed by atoms with Crippen molar-refractivity contribution in [2.24, 2.45) is 0 Å². The van der Waals surface area contributed by atoms with Crippen LogP contribution >= 0.6 is 0 Å². The van der Waals surface area contributed by atoms with E-state index >= 15 is 0 Å². The van der Waals surface area contributed by atoms with Gasteiger partial charge in [0.2, 0.25) is 5.91 Å². The molecule has 1 N–H and O–H groups in total. The minimum atomic E-state index is -0.177. The Hall–Kier alpha value is -0.860. The lowest BCUT2D eigenvalue weighted by Crippen LogP contribution is -2.21. The largest absolute Gasteiger partial charge is 0.359 e. The predicted molar refractivity (Wildman–Crippen MR) is 57.1 cm³/mol. The molecule has 1 amide bonds. The van der Waals surface area contributed by atoms with E-state index in [-0.39, 0.29) is 18.1 Å². The highest BCUT2D eigenvalue weighted by Crippen LogP contribution is 2.06. The number of Topliss-reactive ketones (excluding diaryl/α,β-unsaturated/α-hetero) is 1. The summed E-state index contributed by atoms with van der Waals surface area (Å²) in [7, 11) is 1.55. The number of hydrogen-bond acceptors (Lipinski definition) is 2. The Morgan fingerprint density at radius 2 is 1.71 bits per heavy atom. The molecule has 0 rings (SSSR count). The maximum absolute atomic E-state index is 11.2. The minimum absolute atomic E-state index is 0.0459. The van der Waals surface area contributed by atoms with Crippen LogP contribution in [-0.4, -0.2) is 18.7 Å². The summed E-state index contributed by atoms with van der Waals surface area (Å²) in [6.45, 7) is 2.16. The third kappa shape index (κ3) is 7.77. The number of nitrogens with one attached hydrogen (secondary N) is 1. The van der Waals surface area contributed by atoms with Crippen LogP contribution in [0.15, 0.2) is 0 Å². The van der Waals surface area contributed by atoms with E-state index in [0.29, 0.717) is 6.42 Å². The number of hydrogen-bond donors (Lipinski definition) is 1. The van der Waals surface area contributed by atoms with Gasteiger partial charge < -0.3 is 5.32 Å². The Morgan fingerprint density at radius 1 is 1.07 bits per heavy atom. The molecule has 0 aliphatic rings. The predicted octanol–water partition coefficient (Wildman–Crippen LogP) is 2.05. The van der Waals surface area contributed by atoms with E-state index in [1.807, 2.05) is 0 Å². The van der Waals surface area contributed by atoms with Crippen molar-refractivity contribution in [3.05, 3.63) is 0 Å². The molecule has 0 spiro atoms. The van der Waals surface area contributed by atoms with Crippen molar-refractivity contribution in [3.8, 4) is 0 Å². The molecular weight excluding hydrogens is 178 g/mol. The first-order valence-corrected chi connectivity index (χ1v) is 5.43. The highest BCUT2D eigenvalue weighted by molar-refractivity contribution is 5.97. The zero-order chi connectivity index (χ0) is 10.8. The lowest BCUT2D eigenvalue weighted by Gasteiger charge is -2.00. The molecule has 0 fully saturated rings. The van der Waals surface area contributed by atoms with Gasteiger partial charge in [0.05, 0.1) is 6.42 Å². The molecule has 0 saturated heterocycles. The van der Waals surface area contributed by atoms with Crippen molar-refractivity contribution < 1.29 is 9.59 Å². The van der Waals surface area contributed by atoms with Crippen LogP contribution in [0.4, 0.5) is 0 Å². The molecule has 3 heteroatoms. The second-order valence-corrected chi connectivity index (χ2v) is 3.55. The van der Waals surface area contributed by atoms with E-state index < -0.39 is 0 Å². The fourth-order valence-electron chi connectivity index (χ4n) is 1.28. The molecule has 0 aromatic heterocycles. The van der Waals surface area contributed by atoms with E-state index in [2.05, 4.69) is 12.2 Å². The topological polar surface area (TPSA) is 46.2 Å². The van der Waals surface area contributed by atoms with Gasteiger partial charge >= 0.3 is 0 Å². The maximum Gasteiger partial charge on any atom is 0.227 e. The summed E-state index contributed by atoms with van der Waals surface area (Å²) in [5, 5.41) is 2.45. The molecule has 0 aromatic carbocycles. The summed E-state index contributed by atoms with van der Waals surface area (Å²) < 4.78 is 0. The Labute approximate surface area is 86.3 Å². The normalized spacial score (nSPS) is 9.86. The van der Waals surface area contributed by atoms with Crippen molar-refractivity contribution >= 4 is 11.7 Å². The van der Waals surface area contributed by atoms with Crippen molar-refractivity contribution in [3.63, 3.8) is 0 Å². The summed E-state index contributed by atoms with van der Waals surface area (Å²) in [5.74, 6) is -0.121. The number of carbonyl (C=O) groups is 2. The standard InChI is InChI=1S/C11H21NO2/c1-3-4-5-6-7-8-10(13)9-11(14)12-2/h3-9H2,1-2H3,(H,12,14).